The maximum Gasteiger partial charge on any atom is 0.509 e. The normalized spacial score (nSPS) is 24.3. The number of carbonyl (C=O) groups excluding carboxylic acids is 10. The Kier molecular flexibility index (Phi) is 27.1. The number of hydrogen-bond donors (Lipinski definition) is 4. The standard InChI is InChI=1S/C65H75NO26S4/c1-37-43(88-59(78)53(51(40-16-10-7-11-17-40)66-57(76)41-18-12-8-13-19-41)90-61(80)85-29-33-96-94-31-27-83-49(74)25-23-47(71)72)35-65(81)56(91-58(77)42-20-14-9-15-21-42)54-63(6,55(75)52(87-38(2)67)50(37)62(65,4)5)44(34-45-64(54,36-86-45)92-39(3)68)89-60(79)84-28-32-95-93-30-26-82-48(73)24-22-46(69)70/h7-21,43-45,51-54,56,81H,22-36H2,1-6H3,(H,66,76)(H,69,70)(H,71,72)/t43-,44-,45+,51-,52+,53+,54-,56-,63+,64-,65+/m0/s1. The van der Waals surface area contributed by atoms with Gasteiger partial charge in [0.05, 0.1) is 49.2 Å². The highest BCUT2D eigenvalue weighted by Gasteiger charge is 2.79. The van der Waals surface area contributed by atoms with Gasteiger partial charge in [0.1, 0.15) is 62.5 Å². The van der Waals surface area contributed by atoms with Crippen LogP contribution in [0.3, 0.4) is 0 Å². The molecule has 4 N–H and O–H groups in total. The number of Topliss-reactive ketones (excluding diaryl/α,β-unsaturated/α-hetero) is 1. The largest absolute Gasteiger partial charge is 0.509 e. The molecule has 7 rings (SSSR count). The van der Waals surface area contributed by atoms with Crippen LogP contribution >= 0.6 is 43.2 Å². The van der Waals surface area contributed by atoms with E-state index < -0.39 is 155 Å². The molecule has 1 aliphatic heterocycles. The molecule has 2 bridgehead atoms. The lowest BCUT2D eigenvalue weighted by molar-refractivity contribution is -0.346. The van der Waals surface area contributed by atoms with Gasteiger partial charge in [-0.1, -0.05) is 124 Å². The first-order chi connectivity index (χ1) is 45.6. The second-order valence-corrected chi connectivity index (χ2v) is 28.7. The van der Waals surface area contributed by atoms with Gasteiger partial charge in [0.15, 0.2) is 17.5 Å². The molecule has 0 unspecified atom stereocenters. The van der Waals surface area contributed by atoms with Gasteiger partial charge in [-0.3, -0.25) is 38.4 Å². The first-order valence-corrected chi connectivity index (χ1v) is 35.4. The highest BCUT2D eigenvalue weighted by molar-refractivity contribution is 8.77. The first-order valence-electron chi connectivity index (χ1n) is 30.4. The second kappa shape index (κ2) is 34.4. The van der Waals surface area contributed by atoms with E-state index >= 15 is 9.59 Å². The Morgan fingerprint density at radius 1 is 0.635 bits per heavy atom. The summed E-state index contributed by atoms with van der Waals surface area (Å²) < 4.78 is 64.5. The predicted octanol–water partition coefficient (Wildman–Crippen LogP) is 7.64. The molecule has 96 heavy (non-hydrogen) atoms. The van der Waals surface area contributed by atoms with Crippen molar-refractivity contribution in [2.75, 3.05) is 56.0 Å². The van der Waals surface area contributed by atoms with Gasteiger partial charge in [0.25, 0.3) is 5.91 Å². The molecule has 0 aromatic heterocycles. The monoisotopic (exact) mass is 1410 g/mol. The molecule has 1 saturated heterocycles. The second-order valence-electron chi connectivity index (χ2n) is 23.3. The van der Waals surface area contributed by atoms with E-state index in [1.165, 1.54) is 119 Å². The number of aliphatic carboxylic acids is 2. The molecule has 4 aliphatic rings. The van der Waals surface area contributed by atoms with Crippen molar-refractivity contribution in [1.29, 1.82) is 0 Å². The van der Waals surface area contributed by atoms with Gasteiger partial charge >= 0.3 is 60.1 Å². The zero-order valence-corrected chi connectivity index (χ0v) is 56.5. The first kappa shape index (κ1) is 75.5. The summed E-state index contributed by atoms with van der Waals surface area (Å²) in [5.41, 5.74) is -8.76. The number of amides is 1. The molecule has 3 aliphatic carbocycles. The quantitative estimate of drug-likeness (QED) is 0.0153. The van der Waals surface area contributed by atoms with Gasteiger partial charge in [-0.05, 0) is 54.8 Å². The minimum atomic E-state index is -2.66. The summed E-state index contributed by atoms with van der Waals surface area (Å²) in [5, 5.41) is 34.8. The van der Waals surface area contributed by atoms with E-state index in [1.807, 2.05) is 0 Å². The fourth-order valence-electron chi connectivity index (χ4n) is 12.2. The molecule has 1 amide bonds. The van der Waals surface area contributed by atoms with Crippen molar-refractivity contribution >= 4 is 115 Å². The smallest absolute Gasteiger partial charge is 0.481 e. The Morgan fingerprint density at radius 3 is 1.65 bits per heavy atom. The van der Waals surface area contributed by atoms with Crippen LogP contribution in [0.25, 0.3) is 0 Å². The number of aliphatic hydroxyl groups is 1. The Bertz CT molecular complexity index is 3360. The topological polar surface area (TPSA) is 379 Å². The van der Waals surface area contributed by atoms with E-state index in [0.29, 0.717) is 11.5 Å². The minimum absolute atomic E-state index is 0.00206. The average Bonchev–Trinajstić information content (AvgIpc) is 0.669. The molecule has 1 heterocycles. The van der Waals surface area contributed by atoms with Crippen molar-refractivity contribution in [2.24, 2.45) is 16.7 Å². The van der Waals surface area contributed by atoms with E-state index in [-0.39, 0.29) is 97.9 Å². The van der Waals surface area contributed by atoms with Gasteiger partial charge in [-0.25, -0.2) is 19.2 Å². The highest BCUT2D eigenvalue weighted by Crippen LogP contribution is 2.65. The third-order valence-corrected chi connectivity index (χ3v) is 21.4. The maximum atomic E-state index is 16.5. The molecule has 2 saturated carbocycles. The van der Waals surface area contributed by atoms with Crippen molar-refractivity contribution in [3.05, 3.63) is 119 Å². The van der Waals surface area contributed by atoms with E-state index in [2.05, 4.69) is 5.32 Å². The molecule has 27 nitrogen and oxygen atoms in total. The summed E-state index contributed by atoms with van der Waals surface area (Å²) in [5.74, 6) is -10.7. The van der Waals surface area contributed by atoms with Crippen LogP contribution in [0.5, 0.6) is 0 Å². The fraction of sp³-hybridized carbons (Fsp3) is 0.508. The Labute approximate surface area is 567 Å². The van der Waals surface area contributed by atoms with Crippen molar-refractivity contribution in [1.82, 2.24) is 5.32 Å². The molecular formula is C65H75NO26S4. The van der Waals surface area contributed by atoms with Gasteiger partial charge in [0.2, 0.25) is 6.10 Å². The van der Waals surface area contributed by atoms with E-state index in [9.17, 15) is 53.1 Å². The van der Waals surface area contributed by atoms with Crippen LogP contribution < -0.4 is 5.32 Å². The van der Waals surface area contributed by atoms with Crippen molar-refractivity contribution in [2.45, 2.75) is 134 Å². The number of hydrogen-bond acceptors (Lipinski definition) is 28. The van der Waals surface area contributed by atoms with Gasteiger partial charge in [-0.2, -0.15) is 0 Å². The lowest BCUT2D eigenvalue weighted by Crippen LogP contribution is -2.82. The number of carboxylic acid groups (broad SMARTS) is 2. The third-order valence-electron chi connectivity index (χ3n) is 16.8. The number of benzene rings is 3. The number of rotatable bonds is 32. The Balaban J connectivity index is 1.27. The highest BCUT2D eigenvalue weighted by atomic mass is 33.1. The van der Waals surface area contributed by atoms with Crippen LogP contribution in [-0.4, -0.2) is 191 Å². The van der Waals surface area contributed by atoms with Crippen LogP contribution in [0.15, 0.2) is 102 Å². The number of fused-ring (bicyclic) bond motifs is 5. The minimum Gasteiger partial charge on any atom is -0.481 e. The number of carbonyl (C=O) groups is 12. The average molecular weight is 1410 g/mol. The summed E-state index contributed by atoms with van der Waals surface area (Å²) in [7, 11) is 4.96. The van der Waals surface area contributed by atoms with Crippen molar-refractivity contribution in [3.8, 4) is 0 Å². The number of ether oxygens (including phenoxy) is 11. The molecule has 31 heteroatoms. The Hall–Kier alpha value is -7.84. The van der Waals surface area contributed by atoms with Crippen LogP contribution in [0, 0.1) is 16.7 Å². The van der Waals surface area contributed by atoms with Crippen molar-refractivity contribution < 1.29 is 125 Å². The van der Waals surface area contributed by atoms with Crippen LogP contribution in [0.4, 0.5) is 9.59 Å². The lowest BCUT2D eigenvalue weighted by Gasteiger charge is -2.67. The molecule has 520 valence electrons. The zero-order valence-electron chi connectivity index (χ0n) is 53.3. The Morgan fingerprint density at radius 2 is 1.15 bits per heavy atom. The van der Waals surface area contributed by atoms with E-state index in [4.69, 9.17) is 62.3 Å². The SMILES string of the molecule is CC(=O)O[C@H]1C(=O)[C@]2(C)[C@@H](OC(=O)OCCSSCCOC(=O)CCC(=O)O)C[C@H]3OC[C@@]3(OC(C)=O)[C@H]2[C@H](OC(=O)c2ccccc2)[C@]2(O)C[C@H](OC(=O)[C@H](OC(=O)OCCSSCCOC(=O)CCC(=O)O)[C@@H](NC(=O)c3ccccc3)c3ccccc3)C(C)=C1C2(C)C. The third kappa shape index (κ3) is 18.6. The van der Waals surface area contributed by atoms with Crippen molar-refractivity contribution in [3.63, 3.8) is 0 Å². The van der Waals surface area contributed by atoms with Gasteiger partial charge in [-0.15, -0.1) is 0 Å². The van der Waals surface area contributed by atoms with Crippen LogP contribution in [0.1, 0.15) is 112 Å². The predicted molar refractivity (Wildman–Crippen MR) is 344 cm³/mol. The molecule has 0 radical (unpaired) electrons. The zero-order chi connectivity index (χ0) is 70.0. The van der Waals surface area contributed by atoms with Crippen LogP contribution in [-0.2, 0) is 90.5 Å². The fourth-order valence-corrected chi connectivity index (χ4v) is 15.5. The summed E-state index contributed by atoms with van der Waals surface area (Å²) in [6.07, 6.45) is -16.2. The number of ketones is 1. The maximum absolute atomic E-state index is 16.5. The number of carboxylic acids is 2. The van der Waals surface area contributed by atoms with E-state index in [0.717, 1.165) is 13.8 Å². The molecule has 0 spiro atoms. The molecule has 3 aromatic carbocycles. The lowest BCUT2D eigenvalue weighted by atomic mass is 9.44. The molecule has 3 aromatic rings. The number of nitrogens with one attached hydrogen (secondary N) is 1. The molecular weight excluding hydrogens is 1340 g/mol. The van der Waals surface area contributed by atoms with E-state index in [1.54, 1.807) is 42.5 Å². The summed E-state index contributed by atoms with van der Waals surface area (Å²) in [6.45, 7) is 6.74. The van der Waals surface area contributed by atoms with Crippen LogP contribution in [0.2, 0.25) is 0 Å². The summed E-state index contributed by atoms with van der Waals surface area (Å²) in [6, 6.07) is 21.7. The van der Waals surface area contributed by atoms with Gasteiger partial charge in [0, 0.05) is 60.7 Å². The van der Waals surface area contributed by atoms with Gasteiger partial charge < -0.3 is 72.7 Å². The molecule has 3 fully saturated rings. The summed E-state index contributed by atoms with van der Waals surface area (Å²) in [4.78, 5) is 162. The number of esters is 6. The molecule has 11 atom stereocenters. The summed E-state index contributed by atoms with van der Waals surface area (Å²) >= 11 is 0.